The SMILES string of the molecule is Cc1cn(CCC(=O)NCCCCCCCCCCCCNC(=O)CCn2cc(C)c(=O)[nH]c2=O)c(=O)[nH]c1=O. The van der Waals surface area contributed by atoms with Crippen LogP contribution in [-0.4, -0.2) is 44.0 Å². The number of aryl methyl sites for hydroxylation is 4. The van der Waals surface area contributed by atoms with E-state index in [0.717, 1.165) is 38.5 Å². The fourth-order valence-electron chi connectivity index (χ4n) is 4.31. The molecule has 0 atom stereocenters. The van der Waals surface area contributed by atoms with Crippen molar-refractivity contribution in [2.45, 2.75) is 104 Å². The maximum Gasteiger partial charge on any atom is 0.328 e. The summed E-state index contributed by atoms with van der Waals surface area (Å²) in [5.74, 6) is -0.207. The molecule has 0 spiro atoms. The van der Waals surface area contributed by atoms with Gasteiger partial charge < -0.3 is 10.6 Å². The highest BCUT2D eigenvalue weighted by Crippen LogP contribution is 2.10. The number of carbonyl (C=O) groups excluding carboxylic acids is 2. The van der Waals surface area contributed by atoms with E-state index in [1.807, 2.05) is 0 Å². The largest absolute Gasteiger partial charge is 0.356 e. The summed E-state index contributed by atoms with van der Waals surface area (Å²) in [6.07, 6.45) is 14.3. The van der Waals surface area contributed by atoms with Crippen LogP contribution in [0.2, 0.25) is 0 Å². The molecule has 4 N–H and O–H groups in total. The Bertz CT molecular complexity index is 1220. The molecule has 0 radical (unpaired) electrons. The zero-order valence-electron chi connectivity index (χ0n) is 23.8. The van der Waals surface area contributed by atoms with E-state index in [0.29, 0.717) is 24.2 Å². The highest BCUT2D eigenvalue weighted by Gasteiger charge is 2.06. The van der Waals surface area contributed by atoms with Gasteiger partial charge in [0, 0.05) is 62.5 Å². The van der Waals surface area contributed by atoms with E-state index in [2.05, 4.69) is 20.6 Å². The van der Waals surface area contributed by atoms with Crippen molar-refractivity contribution >= 4 is 11.8 Å². The number of aromatic nitrogens is 4. The Morgan fingerprint density at radius 2 is 0.925 bits per heavy atom. The predicted molar refractivity (Wildman–Crippen MR) is 154 cm³/mol. The van der Waals surface area contributed by atoms with E-state index in [1.165, 1.54) is 47.2 Å². The number of rotatable bonds is 19. The summed E-state index contributed by atoms with van der Waals surface area (Å²) in [4.78, 5) is 74.7. The van der Waals surface area contributed by atoms with Gasteiger partial charge in [-0.05, 0) is 26.7 Å². The summed E-state index contributed by atoms with van der Waals surface area (Å²) in [5.41, 5.74) is -0.931. The van der Waals surface area contributed by atoms with Crippen molar-refractivity contribution in [1.29, 1.82) is 0 Å². The van der Waals surface area contributed by atoms with Crippen LogP contribution in [0.1, 0.15) is 88.2 Å². The lowest BCUT2D eigenvalue weighted by Gasteiger charge is -2.08. The van der Waals surface area contributed by atoms with Gasteiger partial charge in [0.05, 0.1) is 0 Å². The van der Waals surface area contributed by atoms with Gasteiger partial charge >= 0.3 is 11.4 Å². The second-order valence-corrected chi connectivity index (χ2v) is 10.3. The average Bonchev–Trinajstić information content (AvgIpc) is 2.91. The normalized spacial score (nSPS) is 10.9. The molecule has 12 heteroatoms. The minimum atomic E-state index is -0.500. The second-order valence-electron chi connectivity index (χ2n) is 10.3. The zero-order valence-corrected chi connectivity index (χ0v) is 23.8. The van der Waals surface area contributed by atoms with E-state index < -0.39 is 22.5 Å². The van der Waals surface area contributed by atoms with Crippen LogP contribution in [0.5, 0.6) is 0 Å². The van der Waals surface area contributed by atoms with Gasteiger partial charge in [-0.2, -0.15) is 0 Å². The van der Waals surface area contributed by atoms with Crippen molar-refractivity contribution in [3.63, 3.8) is 0 Å². The van der Waals surface area contributed by atoms with E-state index in [9.17, 15) is 28.8 Å². The number of hydrogen-bond acceptors (Lipinski definition) is 6. The van der Waals surface area contributed by atoms with Gasteiger partial charge in [0.1, 0.15) is 0 Å². The molecule has 2 aromatic rings. The molecule has 2 heterocycles. The fourth-order valence-corrected chi connectivity index (χ4v) is 4.31. The molecule has 40 heavy (non-hydrogen) atoms. The molecule has 0 bridgehead atoms. The monoisotopic (exact) mass is 560 g/mol. The number of amides is 2. The van der Waals surface area contributed by atoms with Crippen molar-refractivity contribution in [2.75, 3.05) is 13.1 Å². The third kappa shape index (κ3) is 12.4. The Hall–Kier alpha value is -3.70. The second kappa shape index (κ2) is 17.8. The van der Waals surface area contributed by atoms with Gasteiger partial charge in [-0.1, -0.05) is 51.4 Å². The average molecular weight is 561 g/mol. The number of carbonyl (C=O) groups is 2. The molecule has 0 aliphatic heterocycles. The van der Waals surface area contributed by atoms with Gasteiger partial charge in [0.25, 0.3) is 11.1 Å². The lowest BCUT2D eigenvalue weighted by atomic mass is 10.1. The lowest BCUT2D eigenvalue weighted by Crippen LogP contribution is -2.33. The molecule has 0 aliphatic rings. The molecule has 2 rings (SSSR count). The van der Waals surface area contributed by atoms with Crippen LogP contribution in [0.15, 0.2) is 31.6 Å². The van der Waals surface area contributed by atoms with Crippen molar-refractivity contribution in [1.82, 2.24) is 29.7 Å². The predicted octanol–water partition coefficient (Wildman–Crippen LogP) is 1.62. The molecule has 0 unspecified atom stereocenters. The van der Waals surface area contributed by atoms with Crippen molar-refractivity contribution in [3.8, 4) is 0 Å². The highest BCUT2D eigenvalue weighted by atomic mass is 16.2. The Labute approximate surface area is 233 Å². The number of unbranched alkanes of at least 4 members (excludes halogenated alkanes) is 9. The number of H-pyrrole nitrogens is 2. The van der Waals surface area contributed by atoms with E-state index in [1.54, 1.807) is 13.8 Å². The van der Waals surface area contributed by atoms with Crippen molar-refractivity contribution in [3.05, 3.63) is 65.2 Å². The van der Waals surface area contributed by atoms with Crippen LogP contribution >= 0.6 is 0 Å². The van der Waals surface area contributed by atoms with E-state index >= 15 is 0 Å². The van der Waals surface area contributed by atoms with Gasteiger partial charge in [-0.25, -0.2) is 9.59 Å². The van der Waals surface area contributed by atoms with Gasteiger partial charge in [0.2, 0.25) is 11.8 Å². The Morgan fingerprint density at radius 3 is 1.27 bits per heavy atom. The first-order valence-corrected chi connectivity index (χ1v) is 14.3. The van der Waals surface area contributed by atoms with E-state index in [4.69, 9.17) is 0 Å². The topological polar surface area (TPSA) is 168 Å². The summed E-state index contributed by atoms with van der Waals surface area (Å²) in [6.45, 7) is 4.96. The summed E-state index contributed by atoms with van der Waals surface area (Å²) in [6, 6.07) is 0. The summed E-state index contributed by atoms with van der Waals surface area (Å²) >= 11 is 0. The van der Waals surface area contributed by atoms with Gasteiger partial charge in [-0.15, -0.1) is 0 Å². The molecule has 222 valence electrons. The smallest absolute Gasteiger partial charge is 0.328 e. The molecule has 0 aromatic carbocycles. The highest BCUT2D eigenvalue weighted by molar-refractivity contribution is 5.76. The molecule has 0 fully saturated rings. The van der Waals surface area contributed by atoms with Crippen LogP contribution in [0.4, 0.5) is 0 Å². The molecule has 0 aliphatic carbocycles. The fraction of sp³-hybridized carbons (Fsp3) is 0.643. The number of hydrogen-bond donors (Lipinski definition) is 4. The lowest BCUT2D eigenvalue weighted by molar-refractivity contribution is -0.122. The third-order valence-corrected chi connectivity index (χ3v) is 6.79. The maximum absolute atomic E-state index is 12.0. The number of nitrogens with one attached hydrogen (secondary N) is 4. The number of aromatic amines is 2. The van der Waals surface area contributed by atoms with E-state index in [-0.39, 0.29) is 37.7 Å². The summed E-state index contributed by atoms with van der Waals surface area (Å²) < 4.78 is 2.70. The van der Waals surface area contributed by atoms with Crippen molar-refractivity contribution in [2.24, 2.45) is 0 Å². The molecular formula is C28H44N6O6. The van der Waals surface area contributed by atoms with Crippen LogP contribution in [-0.2, 0) is 22.7 Å². The molecule has 2 amide bonds. The van der Waals surface area contributed by atoms with Gasteiger partial charge in [-0.3, -0.25) is 38.3 Å². The molecule has 2 aromatic heterocycles. The number of nitrogens with zero attached hydrogens (tertiary/aromatic N) is 2. The minimum Gasteiger partial charge on any atom is -0.356 e. The quantitative estimate of drug-likeness (QED) is 0.190. The van der Waals surface area contributed by atoms with Crippen LogP contribution < -0.4 is 33.1 Å². The van der Waals surface area contributed by atoms with Crippen molar-refractivity contribution < 1.29 is 9.59 Å². The molecule has 0 saturated carbocycles. The first-order chi connectivity index (χ1) is 19.2. The molecule has 0 saturated heterocycles. The standard InChI is InChI=1S/C28H44N6O6/c1-21-19-33(27(39)31-25(21)37)17-13-23(35)29-15-11-9-7-5-3-4-6-8-10-12-16-30-24(36)14-18-34-20-22(2)26(38)32-28(34)40/h19-20H,3-18H2,1-2H3,(H,29,35)(H,30,36)(H,31,37,39)(H,32,38,40). The third-order valence-electron chi connectivity index (χ3n) is 6.79. The van der Waals surface area contributed by atoms with Crippen LogP contribution in [0.25, 0.3) is 0 Å². The maximum atomic E-state index is 12.0. The Kier molecular flexibility index (Phi) is 14.5. The van der Waals surface area contributed by atoms with Crippen LogP contribution in [0, 0.1) is 13.8 Å². The Balaban J connectivity index is 1.37. The molecular weight excluding hydrogens is 516 g/mol. The van der Waals surface area contributed by atoms with Gasteiger partial charge in [0.15, 0.2) is 0 Å². The molecule has 12 nitrogen and oxygen atoms in total. The first-order valence-electron chi connectivity index (χ1n) is 14.3. The first kappa shape index (κ1) is 32.5. The zero-order chi connectivity index (χ0) is 29.3. The Morgan fingerprint density at radius 1 is 0.600 bits per heavy atom. The van der Waals surface area contributed by atoms with Crippen LogP contribution in [0.3, 0.4) is 0 Å². The summed E-state index contributed by atoms with van der Waals surface area (Å²) in [7, 11) is 0. The minimum absolute atomic E-state index is 0.104. The summed E-state index contributed by atoms with van der Waals surface area (Å²) in [5, 5.41) is 5.77.